The molecule has 2 amide bonds. The van der Waals surface area contributed by atoms with Gasteiger partial charge in [0.2, 0.25) is 0 Å². The largest absolute Gasteiger partial charge is 0.480 e. The fourth-order valence-electron chi connectivity index (χ4n) is 2.10. The molecule has 0 spiro atoms. The SMILES string of the molecule is CC(C)C[C@H](NC(=O)N1CCC(CO)C1)C(=O)O. The second-order valence-electron chi connectivity index (χ2n) is 5.25. The van der Waals surface area contributed by atoms with Crippen molar-refractivity contribution in [1.82, 2.24) is 10.2 Å². The highest BCUT2D eigenvalue weighted by Crippen LogP contribution is 2.15. The Hall–Kier alpha value is -1.30. The number of carbonyl (C=O) groups is 2. The molecule has 104 valence electrons. The van der Waals surface area contributed by atoms with Crippen LogP contribution in [-0.2, 0) is 4.79 Å². The number of carboxylic acids is 1. The van der Waals surface area contributed by atoms with Crippen LogP contribution in [-0.4, -0.2) is 52.9 Å². The van der Waals surface area contributed by atoms with Crippen molar-refractivity contribution in [3.63, 3.8) is 0 Å². The smallest absolute Gasteiger partial charge is 0.326 e. The van der Waals surface area contributed by atoms with E-state index in [9.17, 15) is 9.59 Å². The number of carboxylic acid groups (broad SMARTS) is 1. The van der Waals surface area contributed by atoms with E-state index >= 15 is 0 Å². The standard InChI is InChI=1S/C12H22N2O4/c1-8(2)5-10(11(16)17)13-12(18)14-4-3-9(6-14)7-15/h8-10,15H,3-7H2,1-2H3,(H,13,18)(H,16,17)/t9?,10-/m0/s1. The number of aliphatic hydroxyl groups excluding tert-OH is 1. The summed E-state index contributed by atoms with van der Waals surface area (Å²) in [4.78, 5) is 24.5. The lowest BCUT2D eigenvalue weighted by Crippen LogP contribution is -2.47. The average Bonchev–Trinajstić information content (AvgIpc) is 2.75. The van der Waals surface area contributed by atoms with Crippen LogP contribution in [0.1, 0.15) is 26.7 Å². The van der Waals surface area contributed by atoms with Gasteiger partial charge in [0.05, 0.1) is 0 Å². The third-order valence-corrected chi connectivity index (χ3v) is 3.13. The van der Waals surface area contributed by atoms with Gasteiger partial charge in [0, 0.05) is 25.6 Å². The molecule has 6 nitrogen and oxygen atoms in total. The van der Waals surface area contributed by atoms with E-state index in [1.54, 1.807) is 4.90 Å². The number of likely N-dealkylation sites (tertiary alicyclic amines) is 1. The minimum Gasteiger partial charge on any atom is -0.480 e. The predicted molar refractivity (Wildman–Crippen MR) is 66.2 cm³/mol. The second kappa shape index (κ2) is 6.58. The predicted octanol–water partition coefficient (Wildman–Crippen LogP) is 0.509. The summed E-state index contributed by atoms with van der Waals surface area (Å²) in [5.74, 6) is -0.686. The first-order valence-corrected chi connectivity index (χ1v) is 6.33. The number of carbonyl (C=O) groups excluding carboxylic acids is 1. The Kier molecular flexibility index (Phi) is 5.40. The summed E-state index contributed by atoms with van der Waals surface area (Å²) < 4.78 is 0. The highest BCUT2D eigenvalue weighted by atomic mass is 16.4. The number of hydrogen-bond acceptors (Lipinski definition) is 3. The Bertz CT molecular complexity index is 306. The zero-order chi connectivity index (χ0) is 13.7. The summed E-state index contributed by atoms with van der Waals surface area (Å²) >= 11 is 0. The van der Waals surface area contributed by atoms with Crippen molar-refractivity contribution >= 4 is 12.0 Å². The molecular weight excluding hydrogens is 236 g/mol. The molecule has 0 aromatic rings. The maximum atomic E-state index is 11.9. The van der Waals surface area contributed by atoms with Gasteiger partial charge in [-0.15, -0.1) is 0 Å². The molecule has 1 heterocycles. The van der Waals surface area contributed by atoms with Gasteiger partial charge in [0.25, 0.3) is 0 Å². The first-order chi connectivity index (χ1) is 8.43. The first-order valence-electron chi connectivity index (χ1n) is 6.33. The molecule has 1 aliphatic heterocycles. The molecule has 3 N–H and O–H groups in total. The summed E-state index contributed by atoms with van der Waals surface area (Å²) in [6.07, 6.45) is 1.18. The molecular formula is C12H22N2O4. The van der Waals surface area contributed by atoms with Crippen molar-refractivity contribution in [3.8, 4) is 0 Å². The molecule has 0 aliphatic carbocycles. The average molecular weight is 258 g/mol. The molecule has 0 bridgehead atoms. The van der Waals surface area contributed by atoms with Crippen molar-refractivity contribution in [1.29, 1.82) is 0 Å². The summed E-state index contributed by atoms with van der Waals surface area (Å²) in [7, 11) is 0. The second-order valence-corrected chi connectivity index (χ2v) is 5.25. The van der Waals surface area contributed by atoms with Crippen LogP contribution in [0, 0.1) is 11.8 Å². The van der Waals surface area contributed by atoms with Gasteiger partial charge in [-0.2, -0.15) is 0 Å². The maximum absolute atomic E-state index is 11.9. The molecule has 1 fully saturated rings. The monoisotopic (exact) mass is 258 g/mol. The van der Waals surface area contributed by atoms with Crippen molar-refractivity contribution in [3.05, 3.63) is 0 Å². The van der Waals surface area contributed by atoms with Gasteiger partial charge >= 0.3 is 12.0 Å². The number of amides is 2. The van der Waals surface area contributed by atoms with Crippen molar-refractivity contribution < 1.29 is 19.8 Å². The van der Waals surface area contributed by atoms with Crippen LogP contribution in [0.15, 0.2) is 0 Å². The number of aliphatic carboxylic acids is 1. The Balaban J connectivity index is 2.49. The van der Waals surface area contributed by atoms with E-state index < -0.39 is 12.0 Å². The van der Waals surface area contributed by atoms with Gasteiger partial charge < -0.3 is 20.4 Å². The highest BCUT2D eigenvalue weighted by Gasteiger charge is 2.29. The van der Waals surface area contributed by atoms with E-state index in [0.717, 1.165) is 6.42 Å². The van der Waals surface area contributed by atoms with Gasteiger partial charge in [-0.3, -0.25) is 0 Å². The molecule has 18 heavy (non-hydrogen) atoms. The molecule has 0 saturated carbocycles. The summed E-state index contributed by atoms with van der Waals surface area (Å²) in [5.41, 5.74) is 0. The van der Waals surface area contributed by atoms with Crippen LogP contribution in [0.25, 0.3) is 0 Å². The quantitative estimate of drug-likeness (QED) is 0.670. The van der Waals surface area contributed by atoms with E-state index in [4.69, 9.17) is 10.2 Å². The minimum atomic E-state index is -1.00. The van der Waals surface area contributed by atoms with Crippen LogP contribution in [0.2, 0.25) is 0 Å². The molecule has 1 aliphatic rings. The minimum absolute atomic E-state index is 0.0676. The van der Waals surface area contributed by atoms with Gasteiger partial charge in [-0.05, 0) is 18.8 Å². The van der Waals surface area contributed by atoms with E-state index in [2.05, 4.69) is 5.32 Å². The van der Waals surface area contributed by atoms with E-state index in [1.807, 2.05) is 13.8 Å². The number of urea groups is 1. The van der Waals surface area contributed by atoms with Crippen LogP contribution < -0.4 is 5.32 Å². The Labute approximate surface area is 107 Å². The number of hydrogen-bond donors (Lipinski definition) is 3. The summed E-state index contributed by atoms with van der Waals surface area (Å²) in [5, 5.41) is 20.6. The lowest BCUT2D eigenvalue weighted by atomic mass is 10.0. The zero-order valence-electron chi connectivity index (χ0n) is 10.9. The molecule has 0 radical (unpaired) electrons. The van der Waals surface area contributed by atoms with Crippen molar-refractivity contribution in [2.45, 2.75) is 32.7 Å². The van der Waals surface area contributed by atoms with Crippen LogP contribution >= 0.6 is 0 Å². The molecule has 2 atom stereocenters. The lowest BCUT2D eigenvalue weighted by molar-refractivity contribution is -0.139. The normalized spacial score (nSPS) is 21.1. The topological polar surface area (TPSA) is 89.9 Å². The van der Waals surface area contributed by atoms with Gasteiger partial charge in [-0.25, -0.2) is 9.59 Å². The number of nitrogens with one attached hydrogen (secondary N) is 1. The van der Waals surface area contributed by atoms with E-state index in [0.29, 0.717) is 19.5 Å². The molecule has 1 saturated heterocycles. The fraction of sp³-hybridized carbons (Fsp3) is 0.833. The fourth-order valence-corrected chi connectivity index (χ4v) is 2.10. The van der Waals surface area contributed by atoms with Crippen LogP contribution in [0.4, 0.5) is 4.79 Å². The Morgan fingerprint density at radius 1 is 1.44 bits per heavy atom. The van der Waals surface area contributed by atoms with Crippen LogP contribution in [0.3, 0.4) is 0 Å². The molecule has 0 aromatic carbocycles. The lowest BCUT2D eigenvalue weighted by Gasteiger charge is -2.22. The van der Waals surface area contributed by atoms with E-state index in [-0.39, 0.29) is 24.5 Å². The van der Waals surface area contributed by atoms with Crippen LogP contribution in [0.5, 0.6) is 0 Å². The summed E-state index contributed by atoms with van der Waals surface area (Å²) in [6, 6.07) is -1.19. The first kappa shape index (κ1) is 14.8. The van der Waals surface area contributed by atoms with Crippen molar-refractivity contribution in [2.75, 3.05) is 19.7 Å². The molecule has 0 aromatic heterocycles. The van der Waals surface area contributed by atoms with Gasteiger partial charge in [-0.1, -0.05) is 13.8 Å². The number of aliphatic hydroxyl groups is 1. The van der Waals surface area contributed by atoms with Gasteiger partial charge in [0.1, 0.15) is 6.04 Å². The van der Waals surface area contributed by atoms with E-state index in [1.165, 1.54) is 0 Å². The molecule has 1 rings (SSSR count). The number of rotatable bonds is 5. The Morgan fingerprint density at radius 2 is 2.11 bits per heavy atom. The summed E-state index contributed by atoms with van der Waals surface area (Å²) in [6.45, 7) is 4.97. The van der Waals surface area contributed by atoms with Crippen molar-refractivity contribution in [2.24, 2.45) is 11.8 Å². The highest BCUT2D eigenvalue weighted by molar-refractivity contribution is 5.82. The zero-order valence-corrected chi connectivity index (χ0v) is 10.9. The Morgan fingerprint density at radius 3 is 2.56 bits per heavy atom. The van der Waals surface area contributed by atoms with Gasteiger partial charge in [0.15, 0.2) is 0 Å². The number of nitrogens with zero attached hydrogens (tertiary/aromatic N) is 1. The molecule has 1 unspecified atom stereocenters. The third-order valence-electron chi connectivity index (χ3n) is 3.13. The third kappa shape index (κ3) is 4.18. The maximum Gasteiger partial charge on any atom is 0.326 e. The molecule has 6 heteroatoms.